The van der Waals surface area contributed by atoms with Gasteiger partial charge in [0.25, 0.3) is 0 Å². The number of hydrogen-bond acceptors (Lipinski definition) is 3. The van der Waals surface area contributed by atoms with E-state index in [4.69, 9.17) is 0 Å². The van der Waals surface area contributed by atoms with Crippen LogP contribution < -0.4 is 10.6 Å². The highest BCUT2D eigenvalue weighted by Gasteiger charge is 2.17. The average molecular weight is 419 g/mol. The van der Waals surface area contributed by atoms with Gasteiger partial charge in [0.2, 0.25) is 11.8 Å². The van der Waals surface area contributed by atoms with Gasteiger partial charge in [-0.15, -0.1) is 11.8 Å². The van der Waals surface area contributed by atoms with Crippen LogP contribution in [0, 0.1) is 13.8 Å². The van der Waals surface area contributed by atoms with E-state index in [1.807, 2.05) is 92.7 Å². The summed E-state index contributed by atoms with van der Waals surface area (Å²) in [5.41, 5.74) is 5.04. The first-order valence-corrected chi connectivity index (χ1v) is 11.0. The van der Waals surface area contributed by atoms with Crippen LogP contribution in [-0.2, 0) is 9.59 Å². The Morgan fingerprint density at radius 3 is 1.93 bits per heavy atom. The molecular weight excluding hydrogens is 392 g/mol. The van der Waals surface area contributed by atoms with Gasteiger partial charge in [-0.05, 0) is 36.6 Å². The van der Waals surface area contributed by atoms with Crippen molar-refractivity contribution in [2.45, 2.75) is 19.9 Å². The van der Waals surface area contributed by atoms with Crippen LogP contribution in [0.15, 0.2) is 78.9 Å². The van der Waals surface area contributed by atoms with Crippen molar-refractivity contribution in [3.8, 4) is 0 Å². The third-order valence-electron chi connectivity index (χ3n) is 4.69. The summed E-state index contributed by atoms with van der Waals surface area (Å²) in [5.74, 6) is 0.234. The van der Waals surface area contributed by atoms with E-state index in [-0.39, 0.29) is 29.4 Å². The van der Waals surface area contributed by atoms with Crippen molar-refractivity contribution in [2.75, 3.05) is 16.8 Å². The lowest BCUT2D eigenvalue weighted by molar-refractivity contribution is -0.119. The average Bonchev–Trinajstić information content (AvgIpc) is 2.75. The molecule has 0 heterocycles. The second-order valence-electron chi connectivity index (χ2n) is 7.18. The molecule has 0 unspecified atom stereocenters. The monoisotopic (exact) mass is 418 g/mol. The van der Waals surface area contributed by atoms with Gasteiger partial charge in [0.1, 0.15) is 0 Å². The normalized spacial score (nSPS) is 10.6. The highest BCUT2D eigenvalue weighted by atomic mass is 32.2. The number of hydrogen-bond donors (Lipinski definition) is 2. The molecule has 2 N–H and O–H groups in total. The maximum Gasteiger partial charge on any atom is 0.234 e. The van der Waals surface area contributed by atoms with Crippen LogP contribution in [0.1, 0.15) is 28.3 Å². The topological polar surface area (TPSA) is 58.2 Å². The van der Waals surface area contributed by atoms with E-state index in [9.17, 15) is 9.59 Å². The molecule has 0 aromatic heterocycles. The molecule has 0 spiro atoms. The van der Waals surface area contributed by atoms with Gasteiger partial charge in [-0.25, -0.2) is 0 Å². The number of amides is 2. The molecule has 2 amide bonds. The van der Waals surface area contributed by atoms with Gasteiger partial charge in [0, 0.05) is 5.69 Å². The minimum atomic E-state index is -0.218. The first kappa shape index (κ1) is 21.7. The quantitative estimate of drug-likeness (QED) is 0.548. The maximum absolute atomic E-state index is 12.6. The van der Waals surface area contributed by atoms with E-state index in [1.54, 1.807) is 0 Å². The number of carbonyl (C=O) groups is 2. The van der Waals surface area contributed by atoms with Crippen LogP contribution in [-0.4, -0.2) is 23.3 Å². The molecule has 0 aliphatic carbocycles. The van der Waals surface area contributed by atoms with Crippen molar-refractivity contribution >= 4 is 29.3 Å². The van der Waals surface area contributed by atoms with Gasteiger partial charge in [0.15, 0.2) is 0 Å². The number of benzene rings is 3. The zero-order valence-corrected chi connectivity index (χ0v) is 18.0. The summed E-state index contributed by atoms with van der Waals surface area (Å²) in [5, 5.41) is 6.01. The number of carbonyl (C=O) groups excluding carboxylic acids is 2. The molecule has 30 heavy (non-hydrogen) atoms. The fourth-order valence-corrected chi connectivity index (χ4v) is 3.86. The van der Waals surface area contributed by atoms with Crippen molar-refractivity contribution in [1.82, 2.24) is 5.32 Å². The van der Waals surface area contributed by atoms with E-state index >= 15 is 0 Å². The zero-order chi connectivity index (χ0) is 21.3. The molecule has 3 rings (SSSR count). The standard InChI is InChI=1S/C25H26N2O2S/c1-18-13-14-22(19(2)15-18)26-23(28)16-30-17-24(29)27-25(20-9-5-3-6-10-20)21-11-7-4-8-12-21/h3-15,25H,16-17H2,1-2H3,(H,26,28)(H,27,29). The minimum Gasteiger partial charge on any atom is -0.344 e. The van der Waals surface area contributed by atoms with Crippen molar-refractivity contribution < 1.29 is 9.59 Å². The molecule has 0 atom stereocenters. The Morgan fingerprint density at radius 1 is 0.800 bits per heavy atom. The van der Waals surface area contributed by atoms with Gasteiger partial charge in [0.05, 0.1) is 17.5 Å². The molecule has 0 saturated heterocycles. The largest absolute Gasteiger partial charge is 0.344 e. The number of aryl methyl sites for hydroxylation is 2. The smallest absolute Gasteiger partial charge is 0.234 e. The van der Waals surface area contributed by atoms with Crippen molar-refractivity contribution in [1.29, 1.82) is 0 Å². The Kier molecular flexibility index (Phi) is 7.69. The predicted octanol–water partition coefficient (Wildman–Crippen LogP) is 4.88. The summed E-state index contributed by atoms with van der Waals surface area (Å²) in [6, 6.07) is 25.5. The van der Waals surface area contributed by atoms with Crippen molar-refractivity contribution in [3.05, 3.63) is 101 Å². The Balaban J connectivity index is 1.54. The van der Waals surface area contributed by atoms with Crippen molar-refractivity contribution in [2.24, 2.45) is 0 Å². The van der Waals surface area contributed by atoms with E-state index in [0.717, 1.165) is 27.9 Å². The molecule has 0 saturated carbocycles. The minimum absolute atomic E-state index is 0.1000. The van der Waals surface area contributed by atoms with E-state index in [2.05, 4.69) is 10.6 Å². The maximum atomic E-state index is 12.6. The summed E-state index contributed by atoms with van der Waals surface area (Å²) >= 11 is 1.31. The molecule has 154 valence electrons. The number of anilines is 1. The molecule has 0 bridgehead atoms. The molecule has 0 aliphatic rings. The summed E-state index contributed by atoms with van der Waals surface area (Å²) in [6.07, 6.45) is 0. The fraction of sp³-hybridized carbons (Fsp3) is 0.200. The Morgan fingerprint density at radius 2 is 1.37 bits per heavy atom. The molecule has 0 fully saturated rings. The summed E-state index contributed by atoms with van der Waals surface area (Å²) < 4.78 is 0. The Hall–Kier alpha value is -3.05. The van der Waals surface area contributed by atoms with Gasteiger partial charge in [-0.1, -0.05) is 78.4 Å². The summed E-state index contributed by atoms with van der Waals surface area (Å²) in [7, 11) is 0. The lowest BCUT2D eigenvalue weighted by Crippen LogP contribution is -2.31. The molecule has 0 radical (unpaired) electrons. The van der Waals surface area contributed by atoms with Gasteiger partial charge >= 0.3 is 0 Å². The Bertz CT molecular complexity index is 951. The second kappa shape index (κ2) is 10.6. The van der Waals surface area contributed by atoms with Crippen molar-refractivity contribution in [3.63, 3.8) is 0 Å². The number of thioether (sulfide) groups is 1. The molecule has 0 aliphatic heterocycles. The van der Waals surface area contributed by atoms with Gasteiger partial charge < -0.3 is 10.6 Å². The number of nitrogens with one attached hydrogen (secondary N) is 2. The van der Waals surface area contributed by atoms with Crippen LogP contribution in [0.5, 0.6) is 0 Å². The lowest BCUT2D eigenvalue weighted by Gasteiger charge is -2.20. The molecule has 3 aromatic carbocycles. The first-order chi connectivity index (χ1) is 14.5. The van der Waals surface area contributed by atoms with E-state index in [1.165, 1.54) is 11.8 Å². The molecule has 4 nitrogen and oxygen atoms in total. The highest BCUT2D eigenvalue weighted by molar-refractivity contribution is 8.00. The summed E-state index contributed by atoms with van der Waals surface area (Å²) in [6.45, 7) is 3.99. The van der Waals surface area contributed by atoms with Crippen LogP contribution in [0.3, 0.4) is 0 Å². The third kappa shape index (κ3) is 6.22. The van der Waals surface area contributed by atoms with Gasteiger partial charge in [-0.3, -0.25) is 9.59 Å². The summed E-state index contributed by atoms with van der Waals surface area (Å²) in [4.78, 5) is 24.8. The lowest BCUT2D eigenvalue weighted by atomic mass is 9.99. The highest BCUT2D eigenvalue weighted by Crippen LogP contribution is 2.22. The van der Waals surface area contributed by atoms with Crippen LogP contribution in [0.4, 0.5) is 5.69 Å². The second-order valence-corrected chi connectivity index (χ2v) is 8.17. The Labute approximate surface area is 182 Å². The molecular formula is C25H26N2O2S. The predicted molar refractivity (Wildman–Crippen MR) is 125 cm³/mol. The van der Waals surface area contributed by atoms with E-state index < -0.39 is 0 Å². The third-order valence-corrected chi connectivity index (χ3v) is 5.63. The van der Waals surface area contributed by atoms with Crippen LogP contribution in [0.25, 0.3) is 0 Å². The SMILES string of the molecule is Cc1ccc(NC(=O)CSCC(=O)NC(c2ccccc2)c2ccccc2)c(C)c1. The molecule has 3 aromatic rings. The number of rotatable bonds is 8. The fourth-order valence-electron chi connectivity index (χ4n) is 3.23. The van der Waals surface area contributed by atoms with E-state index in [0.29, 0.717) is 0 Å². The van der Waals surface area contributed by atoms with Crippen LogP contribution >= 0.6 is 11.8 Å². The van der Waals surface area contributed by atoms with Gasteiger partial charge in [-0.2, -0.15) is 0 Å². The zero-order valence-electron chi connectivity index (χ0n) is 17.2. The first-order valence-electron chi connectivity index (χ1n) is 9.87. The molecule has 5 heteroatoms. The van der Waals surface area contributed by atoms with Crippen LogP contribution in [0.2, 0.25) is 0 Å².